The molecule has 2 aromatic heterocycles. The summed E-state index contributed by atoms with van der Waals surface area (Å²) in [6.07, 6.45) is 11.0. The number of nitrogens with one attached hydrogen (secondary N) is 2. The molecule has 1 aliphatic carbocycles. The van der Waals surface area contributed by atoms with Crippen molar-refractivity contribution in [3.05, 3.63) is 101 Å². The zero-order valence-corrected chi connectivity index (χ0v) is 23.7. The largest absolute Gasteiger partial charge is 0.360 e. The molecule has 4 aromatic rings. The molecule has 2 N–H and O–H groups in total. The van der Waals surface area contributed by atoms with Crippen LogP contribution < -0.4 is 4.72 Å². The van der Waals surface area contributed by atoms with Gasteiger partial charge in [0.15, 0.2) is 0 Å². The lowest BCUT2D eigenvalue weighted by Crippen LogP contribution is -2.35. The minimum Gasteiger partial charge on any atom is -0.360 e. The number of sulfonamides is 1. The summed E-state index contributed by atoms with van der Waals surface area (Å²) in [5, 5.41) is 0.0918. The Balaban J connectivity index is 1.24. The first kappa shape index (κ1) is 26.9. The highest BCUT2D eigenvalue weighted by Gasteiger charge is 2.45. The molecule has 2 aliphatic rings. The molecule has 2 aromatic carbocycles. The van der Waals surface area contributed by atoms with Crippen LogP contribution in [0.5, 0.6) is 0 Å². The van der Waals surface area contributed by atoms with Crippen LogP contribution in [0.2, 0.25) is 5.02 Å². The zero-order chi connectivity index (χ0) is 27.9. The molecule has 9 heteroatoms. The summed E-state index contributed by atoms with van der Waals surface area (Å²) in [7, 11) is -2.01. The Hall–Kier alpha value is -3.30. The molecule has 6 nitrogen and oxygen atoms in total. The van der Waals surface area contributed by atoms with E-state index in [0.29, 0.717) is 4.90 Å². The van der Waals surface area contributed by atoms with Crippen LogP contribution in [0.3, 0.4) is 0 Å². The molecular weight excluding hydrogens is 547 g/mol. The van der Waals surface area contributed by atoms with Crippen molar-refractivity contribution in [1.29, 1.82) is 0 Å². The van der Waals surface area contributed by atoms with Crippen molar-refractivity contribution in [1.82, 2.24) is 19.6 Å². The van der Waals surface area contributed by atoms with Crippen LogP contribution >= 0.6 is 11.6 Å². The second kappa shape index (κ2) is 10.6. The summed E-state index contributed by atoms with van der Waals surface area (Å²) in [6.45, 7) is 2.71. The van der Waals surface area contributed by atoms with Crippen molar-refractivity contribution >= 4 is 27.2 Å². The summed E-state index contributed by atoms with van der Waals surface area (Å²) in [4.78, 5) is 10.4. The van der Waals surface area contributed by atoms with Crippen LogP contribution in [0.15, 0.2) is 84.2 Å². The van der Waals surface area contributed by atoms with Gasteiger partial charge in [-0.25, -0.2) is 17.5 Å². The lowest BCUT2D eigenvalue weighted by atomic mass is 9.91. The van der Waals surface area contributed by atoms with Gasteiger partial charge in [0, 0.05) is 60.3 Å². The van der Waals surface area contributed by atoms with E-state index < -0.39 is 15.8 Å². The van der Waals surface area contributed by atoms with Gasteiger partial charge in [0.25, 0.3) is 0 Å². The molecule has 0 amide bonds. The number of aromatic amines is 1. The van der Waals surface area contributed by atoms with E-state index in [1.807, 2.05) is 30.5 Å². The third kappa shape index (κ3) is 5.12. The second-order valence-corrected chi connectivity index (χ2v) is 12.8. The number of hydrogen-bond acceptors (Lipinski definition) is 4. The summed E-state index contributed by atoms with van der Waals surface area (Å²) >= 11 is 6.12. The number of benzene rings is 2. The summed E-state index contributed by atoms with van der Waals surface area (Å²) < 4.78 is 40.5. The molecule has 0 bridgehead atoms. The van der Waals surface area contributed by atoms with Crippen molar-refractivity contribution in [2.45, 2.75) is 29.6 Å². The Kier molecular flexibility index (Phi) is 7.12. The molecule has 0 radical (unpaired) electrons. The molecule has 3 heterocycles. The van der Waals surface area contributed by atoms with Gasteiger partial charge in [-0.05, 0) is 85.5 Å². The average Bonchev–Trinajstić information content (AvgIpc) is 3.63. The Labute approximate surface area is 239 Å². The first-order chi connectivity index (χ1) is 19.3. The normalized spacial score (nSPS) is 17.0. The second-order valence-electron chi connectivity index (χ2n) is 10.5. The number of hydrogen-bond donors (Lipinski definition) is 2. The molecule has 0 spiro atoms. The van der Waals surface area contributed by atoms with Crippen LogP contribution in [0.25, 0.3) is 28.0 Å². The monoisotopic (exact) mass is 576 g/mol. The topological polar surface area (TPSA) is 78.1 Å². The maximum absolute atomic E-state index is 13.9. The van der Waals surface area contributed by atoms with Crippen molar-refractivity contribution < 1.29 is 12.8 Å². The standard InChI is InChI=1S/C31H30ClFN4O2S/c1-34-40(38,39)25-5-3-24(4-6-25)31(12-13-31)20-37-16-10-21(11-17-37)26-19-36-30(23-2-7-28(33)27(32)18-23)29(26)22-8-14-35-15-9-22/h2-10,14-15,18-19,34,36H,11-13,16-17,20H2,1H3. The fraction of sp³-hybridized carbons (Fsp3) is 0.258. The molecule has 0 saturated heterocycles. The van der Waals surface area contributed by atoms with E-state index in [0.717, 1.165) is 66.8 Å². The Morgan fingerprint density at radius 3 is 2.45 bits per heavy atom. The smallest absolute Gasteiger partial charge is 0.240 e. The van der Waals surface area contributed by atoms with Crippen molar-refractivity contribution in [3.63, 3.8) is 0 Å². The minimum absolute atomic E-state index is 0.0819. The van der Waals surface area contributed by atoms with Crippen LogP contribution in [-0.4, -0.2) is 50.0 Å². The van der Waals surface area contributed by atoms with E-state index in [-0.39, 0.29) is 10.4 Å². The van der Waals surface area contributed by atoms with Gasteiger partial charge in [-0.2, -0.15) is 0 Å². The molecule has 0 atom stereocenters. The third-order valence-corrected chi connectivity index (χ3v) is 9.84. The number of nitrogens with zero attached hydrogens (tertiary/aromatic N) is 2. The Morgan fingerprint density at radius 2 is 1.82 bits per heavy atom. The molecule has 40 heavy (non-hydrogen) atoms. The fourth-order valence-corrected chi connectivity index (χ4v) is 6.61. The van der Waals surface area contributed by atoms with E-state index in [4.69, 9.17) is 11.6 Å². The van der Waals surface area contributed by atoms with Gasteiger partial charge in [-0.3, -0.25) is 9.88 Å². The summed E-state index contributed by atoms with van der Waals surface area (Å²) in [5.74, 6) is -0.440. The molecule has 6 rings (SSSR count). The SMILES string of the molecule is CNS(=O)(=O)c1ccc(C2(CN3CC=C(c4c[nH]c(-c5ccc(F)c(Cl)c5)c4-c4ccncc4)CC3)CC2)cc1. The zero-order valence-electron chi connectivity index (χ0n) is 22.1. The van der Waals surface area contributed by atoms with E-state index in [1.165, 1.54) is 24.3 Å². The number of halogens is 2. The van der Waals surface area contributed by atoms with Gasteiger partial charge in [0.1, 0.15) is 5.82 Å². The van der Waals surface area contributed by atoms with E-state index >= 15 is 0 Å². The van der Waals surface area contributed by atoms with Gasteiger partial charge in [0.05, 0.1) is 15.6 Å². The molecule has 1 saturated carbocycles. The van der Waals surface area contributed by atoms with E-state index in [1.54, 1.807) is 36.7 Å². The molecule has 1 fully saturated rings. The van der Waals surface area contributed by atoms with Gasteiger partial charge < -0.3 is 4.98 Å². The van der Waals surface area contributed by atoms with Gasteiger partial charge in [-0.1, -0.05) is 29.8 Å². The minimum atomic E-state index is -3.44. The quantitative estimate of drug-likeness (QED) is 0.259. The predicted octanol–water partition coefficient (Wildman–Crippen LogP) is 6.27. The van der Waals surface area contributed by atoms with Gasteiger partial charge in [0.2, 0.25) is 10.0 Å². The Bertz CT molecular complexity index is 1680. The van der Waals surface area contributed by atoms with Crippen molar-refractivity contribution in [3.8, 4) is 22.4 Å². The molecule has 206 valence electrons. The van der Waals surface area contributed by atoms with Gasteiger partial charge >= 0.3 is 0 Å². The first-order valence-electron chi connectivity index (χ1n) is 13.3. The van der Waals surface area contributed by atoms with Crippen molar-refractivity contribution in [2.24, 2.45) is 0 Å². The Morgan fingerprint density at radius 1 is 1.07 bits per heavy atom. The van der Waals surface area contributed by atoms with Crippen molar-refractivity contribution in [2.75, 3.05) is 26.7 Å². The van der Waals surface area contributed by atoms with Crippen LogP contribution in [-0.2, 0) is 15.4 Å². The number of rotatable bonds is 8. The lowest BCUT2D eigenvalue weighted by Gasteiger charge is -2.30. The lowest BCUT2D eigenvalue weighted by molar-refractivity contribution is 0.273. The first-order valence-corrected chi connectivity index (χ1v) is 15.2. The number of H-pyrrole nitrogens is 1. The summed E-state index contributed by atoms with van der Waals surface area (Å²) in [6, 6.07) is 16.1. The molecule has 0 unspecified atom stereocenters. The van der Waals surface area contributed by atoms with E-state index in [9.17, 15) is 12.8 Å². The maximum atomic E-state index is 13.9. The van der Waals surface area contributed by atoms with Gasteiger partial charge in [-0.15, -0.1) is 0 Å². The highest BCUT2D eigenvalue weighted by atomic mass is 35.5. The highest BCUT2D eigenvalue weighted by Crippen LogP contribution is 2.49. The third-order valence-electron chi connectivity index (χ3n) is 8.12. The fourth-order valence-electron chi connectivity index (χ4n) is 5.70. The molecular formula is C31H30ClFN4O2S. The molecule has 1 aliphatic heterocycles. The number of pyridine rings is 1. The highest BCUT2D eigenvalue weighted by molar-refractivity contribution is 7.89. The van der Waals surface area contributed by atoms with E-state index in [2.05, 4.69) is 25.7 Å². The average molecular weight is 577 g/mol. The van der Waals surface area contributed by atoms with Crippen LogP contribution in [0.4, 0.5) is 4.39 Å². The summed E-state index contributed by atoms with van der Waals surface area (Å²) in [5.41, 5.74) is 7.49. The van der Waals surface area contributed by atoms with Crippen LogP contribution in [0, 0.1) is 5.82 Å². The number of aromatic nitrogens is 2. The predicted molar refractivity (Wildman–Crippen MR) is 157 cm³/mol. The maximum Gasteiger partial charge on any atom is 0.240 e. The van der Waals surface area contributed by atoms with Crippen LogP contribution in [0.1, 0.15) is 30.4 Å².